The van der Waals surface area contributed by atoms with Gasteiger partial charge in [-0.25, -0.2) is 0 Å². The molecule has 150 valence electrons. The van der Waals surface area contributed by atoms with E-state index in [0.717, 1.165) is 22.4 Å². The zero-order chi connectivity index (χ0) is 20.6. The number of amides is 1. The molecule has 2 aromatic carbocycles. The molecule has 0 saturated carbocycles. The summed E-state index contributed by atoms with van der Waals surface area (Å²) in [5.74, 6) is 0.00842. The number of rotatable bonds is 8. The molecular formula is C22H22N2O5. The van der Waals surface area contributed by atoms with Crippen molar-refractivity contribution >= 4 is 17.8 Å². The van der Waals surface area contributed by atoms with E-state index in [9.17, 15) is 9.59 Å². The predicted octanol–water partition coefficient (Wildman–Crippen LogP) is 3.77. The van der Waals surface area contributed by atoms with Gasteiger partial charge in [-0.3, -0.25) is 14.9 Å². The summed E-state index contributed by atoms with van der Waals surface area (Å²) < 4.78 is 15.2. The average molecular weight is 394 g/mol. The molecule has 0 aliphatic heterocycles. The van der Waals surface area contributed by atoms with Gasteiger partial charge < -0.3 is 14.0 Å². The first-order chi connectivity index (χ1) is 14.0. The van der Waals surface area contributed by atoms with Gasteiger partial charge in [0.05, 0.1) is 7.11 Å². The fourth-order valence-electron chi connectivity index (χ4n) is 2.62. The highest BCUT2D eigenvalue weighted by molar-refractivity contribution is 5.92. The van der Waals surface area contributed by atoms with E-state index in [4.69, 9.17) is 14.0 Å². The largest absolute Gasteiger partial charge is 0.497 e. The molecule has 3 aromatic rings. The summed E-state index contributed by atoms with van der Waals surface area (Å²) in [5.41, 5.74) is 3.61. The minimum absolute atomic E-state index is 0.180. The summed E-state index contributed by atoms with van der Waals surface area (Å²) in [6.45, 7) is 1.61. The normalized spacial score (nSPS) is 10.4. The molecule has 1 amide bonds. The first-order valence-electron chi connectivity index (χ1n) is 9.15. The number of benzene rings is 2. The standard InChI is InChI=1S/C22H22N2O5/c1-15-3-8-17(9-4-15)19-13-21(29-24-19)23-20(25)14-28-22(26)12-7-16-5-10-18(27-2)11-6-16/h3-6,8-11,13H,7,12,14H2,1-2H3,(H,23,25). The van der Waals surface area contributed by atoms with Crippen LogP contribution in [-0.4, -0.2) is 30.7 Å². The first kappa shape index (κ1) is 20.1. The lowest BCUT2D eigenvalue weighted by Gasteiger charge is -2.05. The number of nitrogens with zero attached hydrogens (tertiary/aromatic N) is 1. The van der Waals surface area contributed by atoms with Gasteiger partial charge in [0, 0.05) is 18.1 Å². The number of nitrogens with one attached hydrogen (secondary N) is 1. The number of hydrogen-bond acceptors (Lipinski definition) is 6. The van der Waals surface area contributed by atoms with Gasteiger partial charge in [-0.1, -0.05) is 47.1 Å². The topological polar surface area (TPSA) is 90.7 Å². The summed E-state index contributed by atoms with van der Waals surface area (Å²) in [4.78, 5) is 23.8. The molecule has 0 saturated heterocycles. The van der Waals surface area contributed by atoms with Crippen LogP contribution < -0.4 is 10.1 Å². The van der Waals surface area contributed by atoms with Crippen molar-refractivity contribution in [1.29, 1.82) is 0 Å². The van der Waals surface area contributed by atoms with E-state index >= 15 is 0 Å². The fourth-order valence-corrected chi connectivity index (χ4v) is 2.62. The number of methoxy groups -OCH3 is 1. The minimum Gasteiger partial charge on any atom is -0.497 e. The van der Waals surface area contributed by atoms with E-state index in [0.29, 0.717) is 12.1 Å². The van der Waals surface area contributed by atoms with Crippen molar-refractivity contribution in [3.63, 3.8) is 0 Å². The number of carbonyl (C=O) groups is 2. The lowest BCUT2D eigenvalue weighted by atomic mass is 10.1. The van der Waals surface area contributed by atoms with Crippen LogP contribution in [0, 0.1) is 6.92 Å². The maximum atomic E-state index is 12.0. The Morgan fingerprint density at radius 3 is 2.48 bits per heavy atom. The smallest absolute Gasteiger partial charge is 0.306 e. The first-order valence-corrected chi connectivity index (χ1v) is 9.15. The van der Waals surface area contributed by atoms with Gasteiger partial charge in [0.25, 0.3) is 5.91 Å². The summed E-state index contributed by atoms with van der Waals surface area (Å²) in [5, 5.41) is 6.46. The second kappa shape index (κ2) is 9.54. The molecule has 0 spiro atoms. The van der Waals surface area contributed by atoms with Crippen LogP contribution in [0.4, 0.5) is 5.88 Å². The third-order valence-corrected chi connectivity index (χ3v) is 4.26. The third kappa shape index (κ3) is 5.93. The molecule has 0 atom stereocenters. The van der Waals surface area contributed by atoms with E-state index < -0.39 is 11.9 Å². The summed E-state index contributed by atoms with van der Waals surface area (Å²) in [7, 11) is 1.60. The van der Waals surface area contributed by atoms with Crippen molar-refractivity contribution in [3.05, 3.63) is 65.7 Å². The van der Waals surface area contributed by atoms with Crippen molar-refractivity contribution in [3.8, 4) is 17.0 Å². The molecule has 7 nitrogen and oxygen atoms in total. The molecule has 7 heteroatoms. The molecule has 1 heterocycles. The van der Waals surface area contributed by atoms with Crippen LogP contribution in [-0.2, 0) is 20.7 Å². The maximum Gasteiger partial charge on any atom is 0.306 e. The molecular weight excluding hydrogens is 372 g/mol. The summed E-state index contributed by atoms with van der Waals surface area (Å²) in [6, 6.07) is 16.8. The highest BCUT2D eigenvalue weighted by Gasteiger charge is 2.12. The molecule has 0 unspecified atom stereocenters. The van der Waals surface area contributed by atoms with Gasteiger partial charge in [-0.05, 0) is 31.0 Å². The number of anilines is 1. The van der Waals surface area contributed by atoms with Crippen molar-refractivity contribution in [2.45, 2.75) is 19.8 Å². The van der Waals surface area contributed by atoms with Crippen molar-refractivity contribution < 1.29 is 23.6 Å². The van der Waals surface area contributed by atoms with E-state index in [-0.39, 0.29) is 18.9 Å². The van der Waals surface area contributed by atoms with Crippen LogP contribution in [0.2, 0.25) is 0 Å². The van der Waals surface area contributed by atoms with E-state index in [1.807, 2.05) is 55.5 Å². The lowest BCUT2D eigenvalue weighted by molar-refractivity contribution is -0.147. The van der Waals surface area contributed by atoms with Crippen LogP contribution in [0.3, 0.4) is 0 Å². The van der Waals surface area contributed by atoms with Crippen LogP contribution in [0.5, 0.6) is 5.75 Å². The maximum absolute atomic E-state index is 12.0. The fraction of sp³-hybridized carbons (Fsp3) is 0.227. The quantitative estimate of drug-likeness (QED) is 0.585. The molecule has 0 aliphatic rings. The Morgan fingerprint density at radius 2 is 1.79 bits per heavy atom. The number of hydrogen-bond donors (Lipinski definition) is 1. The van der Waals surface area contributed by atoms with Crippen LogP contribution in [0.25, 0.3) is 11.3 Å². The zero-order valence-corrected chi connectivity index (χ0v) is 16.3. The van der Waals surface area contributed by atoms with Gasteiger partial charge in [-0.2, -0.15) is 0 Å². The molecule has 29 heavy (non-hydrogen) atoms. The average Bonchev–Trinajstić information content (AvgIpc) is 3.20. The Balaban J connectivity index is 1.42. The van der Waals surface area contributed by atoms with E-state index in [1.54, 1.807) is 13.2 Å². The van der Waals surface area contributed by atoms with Gasteiger partial charge >= 0.3 is 5.97 Å². The Labute approximate surface area is 168 Å². The van der Waals surface area contributed by atoms with Crippen molar-refractivity contribution in [2.24, 2.45) is 0 Å². The highest BCUT2D eigenvalue weighted by atomic mass is 16.5. The highest BCUT2D eigenvalue weighted by Crippen LogP contribution is 2.22. The van der Waals surface area contributed by atoms with Crippen LogP contribution in [0.1, 0.15) is 17.5 Å². The van der Waals surface area contributed by atoms with Crippen molar-refractivity contribution in [2.75, 3.05) is 19.0 Å². The number of aryl methyl sites for hydroxylation is 2. The van der Waals surface area contributed by atoms with Crippen molar-refractivity contribution in [1.82, 2.24) is 5.16 Å². The second-order valence-electron chi connectivity index (χ2n) is 6.50. The second-order valence-corrected chi connectivity index (χ2v) is 6.50. The van der Waals surface area contributed by atoms with Gasteiger partial charge in [0.2, 0.25) is 5.88 Å². The lowest BCUT2D eigenvalue weighted by Crippen LogP contribution is -2.20. The Morgan fingerprint density at radius 1 is 1.07 bits per heavy atom. The van der Waals surface area contributed by atoms with E-state index in [1.165, 1.54) is 0 Å². The van der Waals surface area contributed by atoms with Gasteiger partial charge in [0.15, 0.2) is 6.61 Å². The molecule has 1 N–H and O–H groups in total. The Kier molecular flexibility index (Phi) is 6.63. The summed E-state index contributed by atoms with van der Waals surface area (Å²) >= 11 is 0. The Hall–Kier alpha value is -3.61. The minimum atomic E-state index is -0.491. The third-order valence-electron chi connectivity index (χ3n) is 4.26. The zero-order valence-electron chi connectivity index (χ0n) is 16.3. The molecule has 0 fully saturated rings. The van der Waals surface area contributed by atoms with Crippen LogP contribution >= 0.6 is 0 Å². The molecule has 0 bridgehead atoms. The molecule has 1 aromatic heterocycles. The van der Waals surface area contributed by atoms with E-state index in [2.05, 4.69) is 10.5 Å². The summed E-state index contributed by atoms with van der Waals surface area (Å²) in [6.07, 6.45) is 0.700. The molecule has 0 aliphatic carbocycles. The molecule has 0 radical (unpaired) electrons. The Bertz CT molecular complexity index is 962. The number of esters is 1. The molecule has 3 rings (SSSR count). The van der Waals surface area contributed by atoms with Gasteiger partial charge in [0.1, 0.15) is 11.4 Å². The van der Waals surface area contributed by atoms with Crippen LogP contribution in [0.15, 0.2) is 59.1 Å². The number of aromatic nitrogens is 1. The number of carbonyl (C=O) groups excluding carboxylic acids is 2. The predicted molar refractivity (Wildman–Crippen MR) is 108 cm³/mol. The SMILES string of the molecule is COc1ccc(CCC(=O)OCC(=O)Nc2cc(-c3ccc(C)cc3)no2)cc1. The number of ether oxygens (including phenoxy) is 2. The van der Waals surface area contributed by atoms with Gasteiger partial charge in [-0.15, -0.1) is 0 Å². The monoisotopic (exact) mass is 394 g/mol.